The zero-order chi connectivity index (χ0) is 80.9. The Morgan fingerprint density at radius 3 is 1.07 bits per heavy atom. The van der Waals surface area contributed by atoms with Crippen molar-refractivity contribution in [1.82, 2.24) is 60.8 Å². The van der Waals surface area contributed by atoms with Gasteiger partial charge in [-0.2, -0.15) is 21.0 Å². The largest absolute Gasteiger partial charge is 1.00 e. The Hall–Kier alpha value is -11.7. The third-order valence-electron chi connectivity index (χ3n) is 17.8. The number of carbonyl (C=O) groups is 6. The van der Waals surface area contributed by atoms with Gasteiger partial charge in [-0.15, -0.1) is 0 Å². The molecule has 0 radical (unpaired) electrons. The summed E-state index contributed by atoms with van der Waals surface area (Å²) >= 11 is 18.2. The number of hydrogen-bond donors (Lipinski definition) is 8. The van der Waals surface area contributed by atoms with Crippen LogP contribution in [-0.2, 0) is 48.6 Å². The smallest absolute Gasteiger partial charge is 1.00 e. The maximum Gasteiger partial charge on any atom is 1.00 e. The van der Waals surface area contributed by atoms with Gasteiger partial charge < -0.3 is 53.9 Å². The molecule has 5 amide bonds. The molecular weight excluding hydrogens is 1610 g/mol. The van der Waals surface area contributed by atoms with Crippen LogP contribution in [0.2, 0.25) is 15.1 Å². The fourth-order valence-corrected chi connectivity index (χ4v) is 13.2. The normalized spacial score (nSPS) is 10.5. The van der Waals surface area contributed by atoms with Gasteiger partial charge in [0.1, 0.15) is 41.7 Å². The Bertz CT molecular complexity index is 6350. The van der Waals surface area contributed by atoms with Gasteiger partial charge in [0, 0.05) is 178 Å². The van der Waals surface area contributed by atoms with Gasteiger partial charge in [0.2, 0.25) is 0 Å². The fraction of sp³-hybridized carbons (Fsp3) is 0.0732. The summed E-state index contributed by atoms with van der Waals surface area (Å²) in [7, 11) is 0. The molecule has 15 aromatic rings. The summed E-state index contributed by atoms with van der Waals surface area (Å²) in [4.78, 5) is 108. The molecule has 26 nitrogen and oxygen atoms in total. The third kappa shape index (κ3) is 20.3. The van der Waals surface area contributed by atoms with Crippen LogP contribution in [0.5, 0.6) is 0 Å². The van der Waals surface area contributed by atoms with Gasteiger partial charge in [-0.1, -0.05) is 53.0 Å². The molecular formula is C82H54Cl3F3K2N18O8. The summed E-state index contributed by atoms with van der Waals surface area (Å²) < 4.78 is 44.5. The standard InChI is InChI=1S/2C27H18ClFN6O2.C27H16ClFN6O.CH2O3.2K.H/c2*28-21-13-33-22-2-1-17(24(29)23(21)22)12-35-27(37)16-3-4-32-19(9-16)7-14-5-18-6-15(10-30)11-34-25(18)20(8-14)26(31)36;28-22-14-33-23-2-1-18(25(29)24(22)23)13-35-27(36)17-3-4-32-21(9-17)8-15-5-19-7-16(10-30)12-34-26(19)20(6-15)11-31;2-1-4-3;;;/h2*1-6,8-9,11,13,33H,7,12H2,(H2,31,36)(H,35,37);1-7,9,12,14,33H,8,13H2,(H,35,36);1,3H;;;/q;;;;2*+1;-1/p-1. The van der Waals surface area contributed by atoms with Gasteiger partial charge in [0.25, 0.3) is 36.0 Å². The molecule has 564 valence electrons. The van der Waals surface area contributed by atoms with Crippen molar-refractivity contribution in [3.05, 3.63) is 316 Å². The summed E-state index contributed by atoms with van der Waals surface area (Å²) in [5, 5.41) is 57.2. The van der Waals surface area contributed by atoms with Crippen molar-refractivity contribution in [2.75, 3.05) is 0 Å². The molecule has 0 bridgehead atoms. The molecule has 0 aliphatic carbocycles. The van der Waals surface area contributed by atoms with Gasteiger partial charge in [-0.3, -0.25) is 58.7 Å². The van der Waals surface area contributed by atoms with E-state index >= 15 is 0 Å². The minimum atomic E-state index is -0.642. The van der Waals surface area contributed by atoms with E-state index in [9.17, 15) is 52.9 Å². The zero-order valence-corrected chi connectivity index (χ0v) is 69.3. The number of aromatic nitrogens is 9. The number of nitrogens with zero attached hydrogens (tertiary/aromatic N) is 10. The molecule has 0 aliphatic heterocycles. The number of H-pyrrole nitrogens is 3. The molecule has 0 atom stereocenters. The van der Waals surface area contributed by atoms with Gasteiger partial charge in [0.15, 0.2) is 0 Å². The average molecular weight is 1660 g/mol. The van der Waals surface area contributed by atoms with Crippen molar-refractivity contribution in [1.29, 1.82) is 21.0 Å². The topological polar surface area (TPSA) is 443 Å². The van der Waals surface area contributed by atoms with Crippen LogP contribution >= 0.6 is 34.8 Å². The number of amides is 5. The number of primary amides is 2. The van der Waals surface area contributed by atoms with Crippen molar-refractivity contribution < 1.29 is 156 Å². The number of aromatic amines is 3. The number of nitriles is 4. The van der Waals surface area contributed by atoms with Gasteiger partial charge in [-0.25, -0.2) is 13.2 Å². The van der Waals surface area contributed by atoms with E-state index in [0.29, 0.717) is 158 Å². The average Bonchev–Trinajstić information content (AvgIpc) is 1.78. The number of pyridine rings is 6. The molecule has 0 unspecified atom stereocenters. The second kappa shape index (κ2) is 39.6. The first-order valence-electron chi connectivity index (χ1n) is 33.8. The van der Waals surface area contributed by atoms with Crippen molar-refractivity contribution in [2.45, 2.75) is 38.9 Å². The molecule has 0 fully saturated rings. The van der Waals surface area contributed by atoms with Crippen LogP contribution in [0.3, 0.4) is 0 Å². The van der Waals surface area contributed by atoms with E-state index in [4.69, 9.17) is 61.6 Å². The van der Waals surface area contributed by atoms with Crippen molar-refractivity contribution >= 4 is 136 Å². The summed E-state index contributed by atoms with van der Waals surface area (Å²) in [6, 6.07) is 43.1. The molecule has 34 heteroatoms. The maximum absolute atomic E-state index is 14.8. The van der Waals surface area contributed by atoms with Crippen LogP contribution in [0, 0.1) is 62.8 Å². The quantitative estimate of drug-likeness (QED) is 0.0196. The van der Waals surface area contributed by atoms with E-state index in [1.54, 1.807) is 121 Å². The van der Waals surface area contributed by atoms with Crippen LogP contribution in [0.1, 0.15) is 126 Å². The van der Waals surface area contributed by atoms with Crippen LogP contribution in [0.25, 0.3) is 65.4 Å². The molecule has 0 saturated heterocycles. The Balaban J connectivity index is 0.000000193. The summed E-state index contributed by atoms with van der Waals surface area (Å²) in [5.41, 5.74) is 22.1. The minimum absolute atomic E-state index is 0. The zero-order valence-electron chi connectivity index (χ0n) is 61.8. The molecule has 9 heterocycles. The molecule has 10 N–H and O–H groups in total. The summed E-state index contributed by atoms with van der Waals surface area (Å²) in [6.45, 7) is -0.245. The van der Waals surface area contributed by atoms with E-state index in [1.165, 1.54) is 55.8 Å². The first-order chi connectivity index (χ1) is 55.0. The molecule has 0 spiro atoms. The van der Waals surface area contributed by atoms with Crippen LogP contribution in [0.15, 0.2) is 183 Å². The number of fused-ring (bicyclic) bond motifs is 6. The van der Waals surface area contributed by atoms with Crippen molar-refractivity contribution in [2.24, 2.45) is 11.5 Å². The molecule has 116 heavy (non-hydrogen) atoms. The maximum atomic E-state index is 14.8. The van der Waals surface area contributed by atoms with Crippen molar-refractivity contribution in [3.63, 3.8) is 0 Å². The fourth-order valence-electron chi connectivity index (χ4n) is 12.5. The predicted octanol–water partition coefficient (Wildman–Crippen LogP) is 6.51. The second-order valence-electron chi connectivity index (χ2n) is 25.2. The third-order valence-corrected chi connectivity index (χ3v) is 18.7. The van der Waals surface area contributed by atoms with Gasteiger partial charge in [-0.05, 0) is 126 Å². The second-order valence-corrected chi connectivity index (χ2v) is 26.4. The number of carbonyl (C=O) groups excluding carboxylic acids is 6. The van der Waals surface area contributed by atoms with Crippen molar-refractivity contribution in [3.8, 4) is 24.3 Å². The number of nitrogens with one attached hydrogen (secondary N) is 6. The minimum Gasteiger partial charge on any atom is -1.00 e. The van der Waals surface area contributed by atoms with Crippen LogP contribution < -0.4 is 135 Å². The summed E-state index contributed by atoms with van der Waals surface area (Å²) in [6.07, 6.45) is 14.2. The molecule has 6 aromatic carbocycles. The monoisotopic (exact) mass is 1660 g/mol. The first kappa shape index (κ1) is 86.7. The molecule has 0 saturated carbocycles. The van der Waals surface area contributed by atoms with Gasteiger partial charge >= 0.3 is 103 Å². The number of rotatable bonds is 18. The number of nitrogens with two attached hydrogens (primary N) is 2. The van der Waals surface area contributed by atoms with E-state index in [-0.39, 0.29) is 173 Å². The van der Waals surface area contributed by atoms with E-state index in [1.807, 2.05) is 24.3 Å². The van der Waals surface area contributed by atoms with E-state index < -0.39 is 41.1 Å². The molecule has 9 aromatic heterocycles. The van der Waals surface area contributed by atoms with Crippen LogP contribution in [-0.4, -0.2) is 80.9 Å². The SMILES string of the molecule is N#Cc1cnc2c(C#N)cc(Cc3cc(C(=O)NCc4ccc5[nH]cc(Cl)c5c4F)ccn3)cc2c1.N#Cc1cnc2c(C(N)=O)cc(Cc3cc(C(=O)NCc4ccc5[nH]cc(Cl)c5c4F)ccn3)cc2c1.N#Cc1cnc2c(C(N)=O)cc(Cc3cc(C(=O)NCc4ccc5[nH]cc(Cl)c5c4F)ccn3)cc2c1.O=CO[O-].[H-].[K+].[K+]. The van der Waals surface area contributed by atoms with E-state index in [0.717, 1.165) is 5.56 Å². The first-order valence-corrected chi connectivity index (χ1v) is 34.9. The van der Waals surface area contributed by atoms with Crippen LogP contribution in [0.4, 0.5) is 13.2 Å². The Kier molecular flexibility index (Phi) is 29.6. The van der Waals surface area contributed by atoms with E-state index in [2.05, 4.69) is 71.8 Å². The number of halogens is 6. The summed E-state index contributed by atoms with van der Waals surface area (Å²) in [5.74, 6) is -3.92. The number of hydrogen-bond acceptors (Lipinski definition) is 18. The molecule has 15 rings (SSSR count). The predicted molar refractivity (Wildman–Crippen MR) is 414 cm³/mol. The Labute approximate surface area is 756 Å². The number of benzene rings is 6. The Morgan fingerprint density at radius 1 is 0.457 bits per heavy atom. The molecule has 0 aliphatic rings. The van der Waals surface area contributed by atoms with Gasteiger partial charge in [0.05, 0.1) is 81.2 Å². The Morgan fingerprint density at radius 2 is 0.767 bits per heavy atom.